The van der Waals surface area contributed by atoms with Crippen molar-refractivity contribution in [2.75, 3.05) is 39.5 Å². The molecule has 0 rings (SSSR count). The molecule has 0 saturated carbocycles. The van der Waals surface area contributed by atoms with E-state index in [0.717, 1.165) is 0 Å². The fourth-order valence-corrected chi connectivity index (χ4v) is 0.760. The van der Waals surface area contributed by atoms with Crippen LogP contribution in [0.2, 0.25) is 0 Å². The van der Waals surface area contributed by atoms with E-state index in [1.165, 1.54) is 0 Å². The fraction of sp³-hybridized carbons (Fsp3) is 1.00. The average Bonchev–Trinajstić information content (AvgIpc) is 1.90. The number of aliphatic hydroxyl groups excluding tert-OH is 3. The van der Waals surface area contributed by atoms with Crippen molar-refractivity contribution in [3.8, 4) is 0 Å². The molecule has 0 aromatic heterocycles. The molecule has 13 heavy (non-hydrogen) atoms. The van der Waals surface area contributed by atoms with Gasteiger partial charge in [-0.3, -0.25) is 4.90 Å². The van der Waals surface area contributed by atoms with Gasteiger partial charge in [0.2, 0.25) is 0 Å². The van der Waals surface area contributed by atoms with Gasteiger partial charge in [0, 0.05) is 19.6 Å². The van der Waals surface area contributed by atoms with E-state index >= 15 is 0 Å². The summed E-state index contributed by atoms with van der Waals surface area (Å²) in [7, 11) is 0. The Bertz CT molecular complexity index is 68.6. The second-order valence-electron chi connectivity index (χ2n) is 2.01. The van der Waals surface area contributed by atoms with Gasteiger partial charge in [-0.05, 0) is 0 Å². The van der Waals surface area contributed by atoms with Crippen LogP contribution in [-0.4, -0.2) is 59.7 Å². The van der Waals surface area contributed by atoms with Gasteiger partial charge < -0.3 is 40.1 Å². The molecule has 0 aliphatic carbocycles. The maximum Gasteiger partial charge on any atom is 2.00 e. The van der Waals surface area contributed by atoms with Crippen molar-refractivity contribution in [2.45, 2.75) is 0 Å². The van der Waals surface area contributed by atoms with Crippen molar-refractivity contribution in [1.82, 2.24) is 4.90 Å². The molecule has 0 fully saturated rings. The van der Waals surface area contributed by atoms with E-state index in [-0.39, 0.29) is 64.1 Å². The fourth-order valence-electron chi connectivity index (χ4n) is 0.760. The summed E-state index contributed by atoms with van der Waals surface area (Å²) in [5.74, 6) is 0. The molecule has 78 valence electrons. The summed E-state index contributed by atoms with van der Waals surface area (Å²) in [5.41, 5.74) is 0. The number of nitrogens with zero attached hydrogens (tertiary/aromatic N) is 1. The maximum absolute atomic E-state index is 8.48. The summed E-state index contributed by atoms with van der Waals surface area (Å²) in [6.07, 6.45) is 0. The molecule has 0 aliphatic heterocycles. The van der Waals surface area contributed by atoms with Crippen molar-refractivity contribution in [3.05, 3.63) is 0 Å². The summed E-state index contributed by atoms with van der Waals surface area (Å²) in [6.45, 7) is 1.75. The van der Waals surface area contributed by atoms with Gasteiger partial charge in [0.25, 0.3) is 0 Å². The quantitative estimate of drug-likeness (QED) is 0.424. The standard InChI is InChI=1S/C6H15NO3.2ClH.Zn/c8-4-1-7(2-5-9)3-6-10;;;/h8-10H,1-6H2;2*1H;/q;;;+2/p-2. The molecular weight excluding hydrogens is 270 g/mol. The largest absolute Gasteiger partial charge is 2.00 e. The Balaban J connectivity index is -0.000000135. The topological polar surface area (TPSA) is 63.9 Å². The van der Waals surface area contributed by atoms with Gasteiger partial charge in [0.1, 0.15) is 0 Å². The van der Waals surface area contributed by atoms with Crippen LogP contribution in [0.15, 0.2) is 0 Å². The smallest absolute Gasteiger partial charge is 1.00 e. The molecule has 0 saturated heterocycles. The molecule has 3 N–H and O–H groups in total. The molecule has 0 aromatic carbocycles. The van der Waals surface area contributed by atoms with Gasteiger partial charge in [-0.25, -0.2) is 0 Å². The van der Waals surface area contributed by atoms with E-state index in [9.17, 15) is 0 Å². The normalized spacial score (nSPS) is 8.31. The first-order valence-electron chi connectivity index (χ1n) is 3.40. The van der Waals surface area contributed by atoms with Gasteiger partial charge in [-0.1, -0.05) is 0 Å². The maximum atomic E-state index is 8.48. The first-order chi connectivity index (χ1) is 4.85. The number of aliphatic hydroxyl groups is 3. The molecule has 0 heterocycles. The van der Waals surface area contributed by atoms with Crippen LogP contribution < -0.4 is 24.8 Å². The minimum absolute atomic E-state index is 0. The Morgan fingerprint density at radius 1 is 0.692 bits per heavy atom. The molecule has 7 heteroatoms. The second kappa shape index (κ2) is 18.8. The van der Waals surface area contributed by atoms with E-state index in [0.29, 0.717) is 19.6 Å². The summed E-state index contributed by atoms with van der Waals surface area (Å²) >= 11 is 0. The third-order valence-electron chi connectivity index (χ3n) is 1.25. The Kier molecular flexibility index (Phi) is 34.2. The summed E-state index contributed by atoms with van der Waals surface area (Å²) in [5, 5.41) is 25.5. The number of hydrogen-bond acceptors (Lipinski definition) is 4. The van der Waals surface area contributed by atoms with Crippen LogP contribution >= 0.6 is 0 Å². The van der Waals surface area contributed by atoms with Crippen LogP contribution in [0.25, 0.3) is 0 Å². The SMILES string of the molecule is OCCN(CCO)CCO.[Cl-].[Cl-].[Zn+2]. The molecule has 0 atom stereocenters. The molecule has 0 aliphatic rings. The van der Waals surface area contributed by atoms with E-state index in [1.54, 1.807) is 4.90 Å². The molecule has 0 bridgehead atoms. The zero-order chi connectivity index (χ0) is 7.82. The number of rotatable bonds is 6. The van der Waals surface area contributed by atoms with Crippen LogP contribution in [0.3, 0.4) is 0 Å². The first kappa shape index (κ1) is 23.7. The van der Waals surface area contributed by atoms with E-state index in [4.69, 9.17) is 15.3 Å². The molecular formula is C6H15Cl2NO3Zn. The molecule has 0 radical (unpaired) electrons. The Morgan fingerprint density at radius 3 is 1.08 bits per heavy atom. The van der Waals surface area contributed by atoms with Crippen molar-refractivity contribution in [3.63, 3.8) is 0 Å². The number of hydrogen-bond donors (Lipinski definition) is 3. The minimum atomic E-state index is 0. The van der Waals surface area contributed by atoms with E-state index in [2.05, 4.69) is 0 Å². The van der Waals surface area contributed by atoms with Crippen molar-refractivity contribution < 1.29 is 59.6 Å². The monoisotopic (exact) mass is 283 g/mol. The van der Waals surface area contributed by atoms with Crippen LogP contribution in [0, 0.1) is 0 Å². The zero-order valence-electron chi connectivity index (χ0n) is 7.49. The van der Waals surface area contributed by atoms with Gasteiger partial charge in [0.15, 0.2) is 0 Å². The third-order valence-corrected chi connectivity index (χ3v) is 1.25. The molecule has 0 amide bonds. The van der Waals surface area contributed by atoms with Crippen molar-refractivity contribution in [1.29, 1.82) is 0 Å². The van der Waals surface area contributed by atoms with Gasteiger partial charge in [-0.15, -0.1) is 0 Å². The summed E-state index contributed by atoms with van der Waals surface area (Å²) < 4.78 is 0. The van der Waals surface area contributed by atoms with Crippen LogP contribution in [0.4, 0.5) is 0 Å². The van der Waals surface area contributed by atoms with Crippen LogP contribution in [-0.2, 0) is 19.5 Å². The van der Waals surface area contributed by atoms with Gasteiger partial charge in [-0.2, -0.15) is 0 Å². The third kappa shape index (κ3) is 15.8. The predicted molar refractivity (Wildman–Crippen MR) is 37.7 cm³/mol. The number of halogens is 2. The molecule has 4 nitrogen and oxygen atoms in total. The predicted octanol–water partition coefficient (Wildman–Crippen LogP) is -7.73. The Labute approximate surface area is 104 Å². The van der Waals surface area contributed by atoms with Crippen LogP contribution in [0.1, 0.15) is 0 Å². The second-order valence-corrected chi connectivity index (χ2v) is 2.01. The molecule has 0 unspecified atom stereocenters. The van der Waals surface area contributed by atoms with E-state index in [1.807, 2.05) is 0 Å². The zero-order valence-corrected chi connectivity index (χ0v) is 12.0. The average molecular weight is 285 g/mol. The Morgan fingerprint density at radius 2 is 0.923 bits per heavy atom. The minimum Gasteiger partial charge on any atom is -1.00 e. The van der Waals surface area contributed by atoms with Crippen LogP contribution in [0.5, 0.6) is 0 Å². The van der Waals surface area contributed by atoms with E-state index < -0.39 is 0 Å². The van der Waals surface area contributed by atoms with Crippen molar-refractivity contribution >= 4 is 0 Å². The Hall–Kier alpha value is 1.04. The van der Waals surface area contributed by atoms with Gasteiger partial charge >= 0.3 is 19.5 Å². The van der Waals surface area contributed by atoms with Gasteiger partial charge in [0.05, 0.1) is 19.8 Å². The summed E-state index contributed by atoms with van der Waals surface area (Å²) in [4.78, 5) is 1.79. The first-order valence-corrected chi connectivity index (χ1v) is 3.40. The summed E-state index contributed by atoms with van der Waals surface area (Å²) in [6, 6.07) is 0. The molecule has 0 aromatic rings. The molecule has 0 spiro atoms. The van der Waals surface area contributed by atoms with Crippen molar-refractivity contribution in [2.24, 2.45) is 0 Å².